The van der Waals surface area contributed by atoms with E-state index in [0.29, 0.717) is 11.4 Å². The molecule has 1 aliphatic heterocycles. The number of quaternary nitrogens is 1. The maximum atomic E-state index is 12.4. The van der Waals surface area contributed by atoms with E-state index in [-0.39, 0.29) is 5.91 Å². The molecule has 3 rings (SSSR count). The van der Waals surface area contributed by atoms with Gasteiger partial charge in [-0.2, -0.15) is 0 Å². The number of benzene rings is 2. The van der Waals surface area contributed by atoms with Crippen LogP contribution in [0.5, 0.6) is 0 Å². The summed E-state index contributed by atoms with van der Waals surface area (Å²) in [6.07, 6.45) is 4.86. The molecule has 1 amide bonds. The van der Waals surface area contributed by atoms with Crippen molar-refractivity contribution in [1.29, 1.82) is 0 Å². The Bertz CT molecular complexity index is 704. The molecule has 25 heavy (non-hydrogen) atoms. The van der Waals surface area contributed by atoms with Crippen molar-refractivity contribution in [2.75, 3.05) is 32.7 Å². The highest BCUT2D eigenvalue weighted by atomic mass is 35.5. The van der Waals surface area contributed by atoms with Crippen LogP contribution >= 0.6 is 11.6 Å². The molecule has 130 valence electrons. The zero-order chi connectivity index (χ0) is 17.5. The van der Waals surface area contributed by atoms with Gasteiger partial charge in [0.25, 0.3) is 0 Å². The van der Waals surface area contributed by atoms with Crippen molar-refractivity contribution >= 4 is 23.6 Å². The SMILES string of the molecule is O=C(Cc1ccc(Cl)cc1)N1CC[NH+](C/C=C/c2ccccc2)CC1. The minimum Gasteiger partial charge on any atom is -0.331 e. The summed E-state index contributed by atoms with van der Waals surface area (Å²) in [6, 6.07) is 17.9. The molecular weight excluding hydrogens is 332 g/mol. The summed E-state index contributed by atoms with van der Waals surface area (Å²) in [5.41, 5.74) is 2.26. The first-order valence-electron chi connectivity index (χ1n) is 8.78. The summed E-state index contributed by atoms with van der Waals surface area (Å²) in [4.78, 5) is 15.9. The molecule has 0 aromatic heterocycles. The molecule has 1 fully saturated rings. The number of rotatable bonds is 5. The van der Waals surface area contributed by atoms with E-state index in [2.05, 4.69) is 36.4 Å². The number of piperazine rings is 1. The molecule has 1 saturated heterocycles. The first-order valence-corrected chi connectivity index (χ1v) is 9.16. The number of hydrogen-bond donors (Lipinski definition) is 1. The molecule has 0 unspecified atom stereocenters. The van der Waals surface area contributed by atoms with E-state index < -0.39 is 0 Å². The maximum absolute atomic E-state index is 12.4. The van der Waals surface area contributed by atoms with Gasteiger partial charge in [0.2, 0.25) is 5.91 Å². The quantitative estimate of drug-likeness (QED) is 0.874. The van der Waals surface area contributed by atoms with Crippen LogP contribution in [0, 0.1) is 0 Å². The standard InChI is InChI=1S/C21H23ClN2O/c22-20-10-8-19(9-11-20)17-21(25)24-15-13-23(14-16-24)12-4-7-18-5-2-1-3-6-18/h1-11H,12-17H2/p+1/b7-4+. The van der Waals surface area contributed by atoms with Gasteiger partial charge in [-0.15, -0.1) is 0 Å². The van der Waals surface area contributed by atoms with Crippen molar-refractivity contribution in [1.82, 2.24) is 4.90 Å². The van der Waals surface area contributed by atoms with Gasteiger partial charge in [-0.3, -0.25) is 4.79 Å². The summed E-state index contributed by atoms with van der Waals surface area (Å²) in [6.45, 7) is 4.69. The van der Waals surface area contributed by atoms with Crippen LogP contribution in [0.4, 0.5) is 0 Å². The van der Waals surface area contributed by atoms with Crippen molar-refractivity contribution in [3.05, 3.63) is 76.8 Å². The fraction of sp³-hybridized carbons (Fsp3) is 0.286. The Balaban J connectivity index is 1.42. The van der Waals surface area contributed by atoms with Crippen LogP contribution in [-0.2, 0) is 11.2 Å². The third-order valence-corrected chi connectivity index (χ3v) is 4.86. The largest absolute Gasteiger partial charge is 0.331 e. The van der Waals surface area contributed by atoms with Gasteiger partial charge in [0.05, 0.1) is 39.1 Å². The summed E-state index contributed by atoms with van der Waals surface area (Å²) in [5.74, 6) is 0.209. The molecule has 0 saturated carbocycles. The molecule has 2 aromatic carbocycles. The third kappa shape index (κ3) is 5.45. The van der Waals surface area contributed by atoms with E-state index in [1.807, 2.05) is 35.2 Å². The number of nitrogens with one attached hydrogen (secondary N) is 1. The smallest absolute Gasteiger partial charge is 0.227 e. The number of nitrogens with zero attached hydrogens (tertiary/aromatic N) is 1. The van der Waals surface area contributed by atoms with Gasteiger partial charge in [0.15, 0.2) is 0 Å². The number of amides is 1. The van der Waals surface area contributed by atoms with Crippen molar-refractivity contribution in [3.63, 3.8) is 0 Å². The molecule has 1 aliphatic rings. The molecular formula is C21H24ClN2O+. The van der Waals surface area contributed by atoms with Gasteiger partial charge in [0.1, 0.15) is 0 Å². The second kappa shape index (κ2) is 8.84. The topological polar surface area (TPSA) is 24.8 Å². The number of carbonyl (C=O) groups is 1. The predicted octanol–water partition coefficient (Wildman–Crippen LogP) is 2.32. The summed E-state index contributed by atoms with van der Waals surface area (Å²) >= 11 is 5.89. The van der Waals surface area contributed by atoms with Crippen LogP contribution < -0.4 is 4.90 Å². The van der Waals surface area contributed by atoms with Crippen LogP contribution in [-0.4, -0.2) is 43.5 Å². The lowest BCUT2D eigenvalue weighted by atomic mass is 10.1. The molecule has 2 aromatic rings. The van der Waals surface area contributed by atoms with Gasteiger partial charge in [-0.05, 0) is 29.3 Å². The molecule has 1 heterocycles. The van der Waals surface area contributed by atoms with Gasteiger partial charge < -0.3 is 9.80 Å². The molecule has 0 aliphatic carbocycles. The molecule has 0 spiro atoms. The van der Waals surface area contributed by atoms with Crippen LogP contribution in [0.2, 0.25) is 5.02 Å². The average Bonchev–Trinajstić information content (AvgIpc) is 2.65. The Morgan fingerprint density at radius 3 is 2.40 bits per heavy atom. The Hall–Kier alpha value is -2.10. The van der Waals surface area contributed by atoms with Gasteiger partial charge in [0, 0.05) is 5.02 Å². The number of hydrogen-bond acceptors (Lipinski definition) is 1. The lowest BCUT2D eigenvalue weighted by Gasteiger charge is -2.31. The summed E-state index contributed by atoms with van der Waals surface area (Å²) < 4.78 is 0. The lowest BCUT2D eigenvalue weighted by molar-refractivity contribution is -0.898. The van der Waals surface area contributed by atoms with E-state index in [9.17, 15) is 4.79 Å². The zero-order valence-electron chi connectivity index (χ0n) is 14.3. The van der Waals surface area contributed by atoms with E-state index in [0.717, 1.165) is 38.3 Å². The second-order valence-corrected chi connectivity index (χ2v) is 6.89. The molecule has 3 nitrogen and oxygen atoms in total. The van der Waals surface area contributed by atoms with E-state index in [1.165, 1.54) is 10.5 Å². The van der Waals surface area contributed by atoms with Crippen molar-refractivity contribution in [2.45, 2.75) is 6.42 Å². The lowest BCUT2D eigenvalue weighted by Crippen LogP contribution is -3.14. The zero-order valence-corrected chi connectivity index (χ0v) is 15.1. The van der Waals surface area contributed by atoms with Crippen molar-refractivity contribution in [2.24, 2.45) is 0 Å². The number of carbonyl (C=O) groups excluding carboxylic acids is 1. The fourth-order valence-corrected chi connectivity index (χ4v) is 3.22. The van der Waals surface area contributed by atoms with Crippen molar-refractivity contribution < 1.29 is 9.69 Å². The van der Waals surface area contributed by atoms with E-state index in [4.69, 9.17) is 11.6 Å². The van der Waals surface area contributed by atoms with E-state index >= 15 is 0 Å². The van der Waals surface area contributed by atoms with E-state index in [1.54, 1.807) is 0 Å². The first-order chi connectivity index (χ1) is 12.2. The monoisotopic (exact) mass is 355 g/mol. The van der Waals surface area contributed by atoms with Crippen molar-refractivity contribution in [3.8, 4) is 0 Å². The molecule has 0 atom stereocenters. The normalized spacial score (nSPS) is 15.6. The first kappa shape index (κ1) is 17.7. The van der Waals surface area contributed by atoms with Crippen LogP contribution in [0.15, 0.2) is 60.7 Å². The van der Waals surface area contributed by atoms with Crippen LogP contribution in [0.1, 0.15) is 11.1 Å². The van der Waals surface area contributed by atoms with Gasteiger partial charge in [-0.1, -0.05) is 60.1 Å². The van der Waals surface area contributed by atoms with Crippen LogP contribution in [0.25, 0.3) is 6.08 Å². The van der Waals surface area contributed by atoms with Crippen LogP contribution in [0.3, 0.4) is 0 Å². The Kier molecular flexibility index (Phi) is 6.26. The Labute approximate surface area is 154 Å². The maximum Gasteiger partial charge on any atom is 0.227 e. The molecule has 0 bridgehead atoms. The summed E-state index contributed by atoms with van der Waals surface area (Å²) in [7, 11) is 0. The molecule has 0 radical (unpaired) electrons. The molecule has 1 N–H and O–H groups in total. The highest BCUT2D eigenvalue weighted by molar-refractivity contribution is 6.30. The highest BCUT2D eigenvalue weighted by Gasteiger charge is 2.22. The minimum absolute atomic E-state index is 0.209. The number of halogens is 1. The van der Waals surface area contributed by atoms with Gasteiger partial charge in [-0.25, -0.2) is 0 Å². The molecule has 4 heteroatoms. The third-order valence-electron chi connectivity index (χ3n) is 4.61. The minimum atomic E-state index is 0.209. The highest BCUT2D eigenvalue weighted by Crippen LogP contribution is 2.11. The van der Waals surface area contributed by atoms with Gasteiger partial charge >= 0.3 is 0 Å². The Morgan fingerprint density at radius 2 is 1.72 bits per heavy atom. The fourth-order valence-electron chi connectivity index (χ4n) is 3.09. The predicted molar refractivity (Wildman–Crippen MR) is 103 cm³/mol. The average molecular weight is 356 g/mol. The summed E-state index contributed by atoms with van der Waals surface area (Å²) in [5, 5.41) is 0.706. The Morgan fingerprint density at radius 1 is 1.04 bits per heavy atom. The second-order valence-electron chi connectivity index (χ2n) is 6.45.